The number of ether oxygens (including phenoxy) is 1. The molecule has 2 fully saturated rings. The van der Waals surface area contributed by atoms with Gasteiger partial charge in [0.25, 0.3) is 0 Å². The normalized spacial score (nSPS) is 21.0. The first-order chi connectivity index (χ1) is 12.0. The summed E-state index contributed by atoms with van der Waals surface area (Å²) in [6.45, 7) is 7.30. The fraction of sp³-hybridized carbons (Fsp3) is 0.556. The minimum absolute atomic E-state index is 0.0143. The van der Waals surface area contributed by atoms with Crippen molar-refractivity contribution in [1.29, 1.82) is 0 Å². The number of carbonyl (C=O) groups is 2. The van der Waals surface area contributed by atoms with Crippen LogP contribution in [0.4, 0.5) is 9.59 Å². The summed E-state index contributed by atoms with van der Waals surface area (Å²) in [5.74, 6) is 0. The topological polar surface area (TPSA) is 82.7 Å². The minimum atomic E-state index is -0.590. The number of amides is 4. The molecule has 0 aromatic heterocycles. The SMILES string of the molecule is Cc1ccc([C@H](C)NC2NC(=O)N(C3CCOCC3)C(=O)N2)cc1C. The van der Waals surface area contributed by atoms with Gasteiger partial charge in [-0.3, -0.25) is 5.32 Å². The van der Waals surface area contributed by atoms with Crippen LogP contribution in [0.5, 0.6) is 0 Å². The van der Waals surface area contributed by atoms with E-state index in [1.807, 2.05) is 6.92 Å². The molecule has 0 aliphatic carbocycles. The Kier molecular flexibility index (Phi) is 5.24. The zero-order valence-corrected chi connectivity index (χ0v) is 15.0. The van der Waals surface area contributed by atoms with Crippen LogP contribution in [-0.2, 0) is 4.74 Å². The molecule has 25 heavy (non-hydrogen) atoms. The molecule has 2 heterocycles. The monoisotopic (exact) mass is 346 g/mol. The van der Waals surface area contributed by atoms with Crippen molar-refractivity contribution in [2.75, 3.05) is 13.2 Å². The second-order valence-corrected chi connectivity index (χ2v) is 6.78. The van der Waals surface area contributed by atoms with E-state index in [1.54, 1.807) is 0 Å². The van der Waals surface area contributed by atoms with E-state index in [2.05, 4.69) is 48.0 Å². The molecule has 3 rings (SSSR count). The van der Waals surface area contributed by atoms with Crippen LogP contribution >= 0.6 is 0 Å². The Morgan fingerprint density at radius 2 is 1.76 bits per heavy atom. The Morgan fingerprint density at radius 1 is 1.12 bits per heavy atom. The summed E-state index contributed by atoms with van der Waals surface area (Å²) in [6.07, 6.45) is 0.767. The summed E-state index contributed by atoms with van der Waals surface area (Å²) in [6, 6.07) is 5.41. The third-order valence-electron chi connectivity index (χ3n) is 4.98. The number of rotatable bonds is 4. The number of benzene rings is 1. The molecule has 136 valence electrons. The van der Waals surface area contributed by atoms with Gasteiger partial charge in [0.2, 0.25) is 0 Å². The van der Waals surface area contributed by atoms with Crippen molar-refractivity contribution >= 4 is 12.1 Å². The second-order valence-electron chi connectivity index (χ2n) is 6.78. The van der Waals surface area contributed by atoms with Gasteiger partial charge in [0, 0.05) is 25.3 Å². The van der Waals surface area contributed by atoms with Crippen molar-refractivity contribution in [1.82, 2.24) is 20.9 Å². The number of hydrogen-bond donors (Lipinski definition) is 3. The third-order valence-corrected chi connectivity index (χ3v) is 4.98. The van der Waals surface area contributed by atoms with Crippen LogP contribution in [-0.4, -0.2) is 42.5 Å². The highest BCUT2D eigenvalue weighted by Crippen LogP contribution is 2.19. The van der Waals surface area contributed by atoms with Gasteiger partial charge in [0.05, 0.1) is 0 Å². The maximum absolute atomic E-state index is 12.4. The van der Waals surface area contributed by atoms with Crippen LogP contribution < -0.4 is 16.0 Å². The first-order valence-corrected chi connectivity index (χ1v) is 8.77. The quantitative estimate of drug-likeness (QED) is 0.780. The molecule has 2 aliphatic rings. The van der Waals surface area contributed by atoms with Gasteiger partial charge < -0.3 is 15.4 Å². The van der Waals surface area contributed by atoms with Crippen LogP contribution in [0.25, 0.3) is 0 Å². The lowest BCUT2D eigenvalue weighted by molar-refractivity contribution is 0.0492. The van der Waals surface area contributed by atoms with Gasteiger partial charge in [0.15, 0.2) is 6.29 Å². The van der Waals surface area contributed by atoms with E-state index in [1.165, 1.54) is 16.0 Å². The predicted molar refractivity (Wildman–Crippen MR) is 94.0 cm³/mol. The molecule has 4 amide bonds. The average molecular weight is 346 g/mol. The van der Waals surface area contributed by atoms with E-state index in [9.17, 15) is 9.59 Å². The number of carbonyl (C=O) groups excluding carboxylic acids is 2. The average Bonchev–Trinajstić information content (AvgIpc) is 2.57. The molecule has 7 nitrogen and oxygen atoms in total. The highest BCUT2D eigenvalue weighted by molar-refractivity contribution is 5.96. The Bertz CT molecular complexity index is 640. The van der Waals surface area contributed by atoms with E-state index in [4.69, 9.17) is 4.74 Å². The summed E-state index contributed by atoms with van der Waals surface area (Å²) in [7, 11) is 0. The Morgan fingerprint density at radius 3 is 2.36 bits per heavy atom. The molecular weight excluding hydrogens is 320 g/mol. The molecular formula is C18H26N4O3. The lowest BCUT2D eigenvalue weighted by Crippen LogP contribution is -2.70. The molecule has 0 spiro atoms. The van der Waals surface area contributed by atoms with E-state index in [-0.39, 0.29) is 24.1 Å². The number of nitrogens with zero attached hydrogens (tertiary/aromatic N) is 1. The van der Waals surface area contributed by atoms with Crippen molar-refractivity contribution < 1.29 is 14.3 Å². The largest absolute Gasteiger partial charge is 0.381 e. The van der Waals surface area contributed by atoms with Crippen molar-refractivity contribution in [2.45, 2.75) is 52.0 Å². The molecule has 1 atom stereocenters. The lowest BCUT2D eigenvalue weighted by atomic mass is 10.0. The fourth-order valence-electron chi connectivity index (χ4n) is 3.25. The highest BCUT2D eigenvalue weighted by atomic mass is 16.5. The molecule has 1 aromatic rings. The Hall–Kier alpha value is -2.12. The van der Waals surface area contributed by atoms with Gasteiger partial charge in [0.1, 0.15) is 0 Å². The van der Waals surface area contributed by atoms with Gasteiger partial charge in [-0.25, -0.2) is 14.5 Å². The summed E-state index contributed by atoms with van der Waals surface area (Å²) in [5.41, 5.74) is 3.56. The summed E-state index contributed by atoms with van der Waals surface area (Å²) in [5, 5.41) is 8.90. The van der Waals surface area contributed by atoms with Gasteiger partial charge in [-0.05, 0) is 50.3 Å². The predicted octanol–water partition coefficient (Wildman–Crippen LogP) is 2.15. The molecule has 2 saturated heterocycles. The number of imide groups is 1. The van der Waals surface area contributed by atoms with Gasteiger partial charge in [-0.15, -0.1) is 0 Å². The van der Waals surface area contributed by atoms with E-state index >= 15 is 0 Å². The zero-order valence-electron chi connectivity index (χ0n) is 15.0. The molecule has 3 N–H and O–H groups in total. The highest BCUT2D eigenvalue weighted by Gasteiger charge is 2.37. The third kappa shape index (κ3) is 3.93. The summed E-state index contributed by atoms with van der Waals surface area (Å²) < 4.78 is 5.30. The van der Waals surface area contributed by atoms with Crippen molar-refractivity contribution in [3.05, 3.63) is 34.9 Å². The first-order valence-electron chi connectivity index (χ1n) is 8.77. The molecule has 0 unspecified atom stereocenters. The summed E-state index contributed by atoms with van der Waals surface area (Å²) in [4.78, 5) is 26.1. The second kappa shape index (κ2) is 7.41. The van der Waals surface area contributed by atoms with Crippen LogP contribution in [0.3, 0.4) is 0 Å². The van der Waals surface area contributed by atoms with Crippen molar-refractivity contribution in [3.63, 3.8) is 0 Å². The van der Waals surface area contributed by atoms with Gasteiger partial charge in [-0.1, -0.05) is 18.2 Å². The molecule has 0 saturated carbocycles. The van der Waals surface area contributed by atoms with Crippen LogP contribution in [0.15, 0.2) is 18.2 Å². The van der Waals surface area contributed by atoms with Gasteiger partial charge in [-0.2, -0.15) is 0 Å². The smallest absolute Gasteiger partial charge is 0.328 e. The fourth-order valence-corrected chi connectivity index (χ4v) is 3.25. The number of hydrogen-bond acceptors (Lipinski definition) is 4. The Balaban J connectivity index is 1.62. The van der Waals surface area contributed by atoms with E-state index in [0.717, 1.165) is 5.56 Å². The molecule has 2 aliphatic heterocycles. The van der Waals surface area contributed by atoms with E-state index < -0.39 is 6.29 Å². The Labute approximate surface area is 148 Å². The molecule has 1 aromatic carbocycles. The zero-order chi connectivity index (χ0) is 18.0. The van der Waals surface area contributed by atoms with Crippen LogP contribution in [0.2, 0.25) is 0 Å². The number of urea groups is 2. The van der Waals surface area contributed by atoms with Crippen molar-refractivity contribution in [3.8, 4) is 0 Å². The summed E-state index contributed by atoms with van der Waals surface area (Å²) >= 11 is 0. The van der Waals surface area contributed by atoms with Crippen LogP contribution in [0, 0.1) is 13.8 Å². The number of nitrogens with one attached hydrogen (secondary N) is 3. The maximum atomic E-state index is 12.4. The van der Waals surface area contributed by atoms with Gasteiger partial charge >= 0.3 is 12.1 Å². The minimum Gasteiger partial charge on any atom is -0.381 e. The standard InChI is InChI=1S/C18H26N4O3/c1-11-4-5-14(10-12(11)2)13(3)19-16-20-17(23)22(18(24)21-16)15-6-8-25-9-7-15/h4-5,10,13,15-16,19H,6-9H2,1-3H3,(H,20,23)(H,21,24)/t13-/m0/s1. The molecule has 0 bridgehead atoms. The van der Waals surface area contributed by atoms with E-state index in [0.29, 0.717) is 26.1 Å². The number of aryl methyl sites for hydroxylation is 2. The van der Waals surface area contributed by atoms with Crippen molar-refractivity contribution in [2.24, 2.45) is 0 Å². The lowest BCUT2D eigenvalue weighted by Gasteiger charge is -2.39. The van der Waals surface area contributed by atoms with Crippen LogP contribution in [0.1, 0.15) is 42.5 Å². The maximum Gasteiger partial charge on any atom is 0.328 e. The first kappa shape index (κ1) is 17.7. The molecule has 0 radical (unpaired) electrons. The molecule has 7 heteroatoms.